The molecule has 3 aromatic carbocycles. The summed E-state index contributed by atoms with van der Waals surface area (Å²) in [4.78, 5) is 11.8. The van der Waals surface area contributed by atoms with E-state index in [-0.39, 0.29) is 5.97 Å². The van der Waals surface area contributed by atoms with Crippen LogP contribution in [-0.4, -0.2) is 22.9 Å². The Kier molecular flexibility index (Phi) is 6.52. The molecule has 0 aliphatic heterocycles. The van der Waals surface area contributed by atoms with Crippen molar-refractivity contribution >= 4 is 21.9 Å². The van der Waals surface area contributed by atoms with E-state index < -0.39 is 0 Å². The third-order valence-corrected chi connectivity index (χ3v) is 6.91. The number of aromatic nitrogens is 2. The number of carbonyl (C=O) groups excluding carboxylic acids is 1. The van der Waals surface area contributed by atoms with Gasteiger partial charge in [0.1, 0.15) is 5.69 Å². The van der Waals surface area contributed by atoms with Crippen LogP contribution < -0.4 is 0 Å². The number of hydrogen-bond acceptors (Lipinski definition) is 3. The fourth-order valence-electron chi connectivity index (χ4n) is 3.83. The molecule has 4 aromatic rings. The molecule has 0 unspecified atom stereocenters. The van der Waals surface area contributed by atoms with Gasteiger partial charge < -0.3 is 4.74 Å². The topological polar surface area (TPSA) is 44.1 Å². The normalized spacial score (nSPS) is 11.0. The molecule has 0 aliphatic rings. The van der Waals surface area contributed by atoms with Crippen LogP contribution in [0.3, 0.4) is 0 Å². The maximum absolute atomic E-state index is 11.8. The molecule has 0 saturated heterocycles. The van der Waals surface area contributed by atoms with Crippen molar-refractivity contribution in [2.45, 2.75) is 34.2 Å². The summed E-state index contributed by atoms with van der Waals surface area (Å²) >= 11 is 3.87. The Morgan fingerprint density at radius 1 is 0.848 bits per heavy atom. The molecule has 0 N–H and O–H groups in total. The zero-order valence-electron chi connectivity index (χ0n) is 19.6. The standard InChI is InChI=1S/C28H27BrN2O2/c1-17-6-10-23(14-19(17)3)26-25(29)27(24-11-7-18(2)20(4)15-24)31(30-26)16-21-8-12-22(13-9-21)28(32)33-5/h6-15H,16H2,1-5H3. The molecule has 4 nitrogen and oxygen atoms in total. The second-order valence-corrected chi connectivity index (χ2v) is 9.25. The van der Waals surface area contributed by atoms with E-state index in [2.05, 4.69) is 80.0 Å². The van der Waals surface area contributed by atoms with Crippen LogP contribution in [0.1, 0.15) is 38.2 Å². The van der Waals surface area contributed by atoms with Crippen molar-refractivity contribution in [3.05, 3.63) is 98.5 Å². The van der Waals surface area contributed by atoms with Crippen LogP contribution in [-0.2, 0) is 11.3 Å². The summed E-state index contributed by atoms with van der Waals surface area (Å²) in [6, 6.07) is 20.4. The number of nitrogens with zero attached hydrogens (tertiary/aromatic N) is 2. The monoisotopic (exact) mass is 502 g/mol. The summed E-state index contributed by atoms with van der Waals surface area (Å²) in [6.07, 6.45) is 0. The maximum atomic E-state index is 11.8. The highest BCUT2D eigenvalue weighted by molar-refractivity contribution is 9.10. The van der Waals surface area contributed by atoms with Crippen LogP contribution in [0, 0.1) is 27.7 Å². The van der Waals surface area contributed by atoms with Gasteiger partial charge in [-0.05, 0) is 95.7 Å². The van der Waals surface area contributed by atoms with Crippen LogP contribution in [0.2, 0.25) is 0 Å². The fraction of sp³-hybridized carbons (Fsp3) is 0.214. The lowest BCUT2D eigenvalue weighted by molar-refractivity contribution is 0.0600. The smallest absolute Gasteiger partial charge is 0.337 e. The van der Waals surface area contributed by atoms with Gasteiger partial charge in [-0.1, -0.05) is 36.4 Å². The first-order valence-corrected chi connectivity index (χ1v) is 11.7. The summed E-state index contributed by atoms with van der Waals surface area (Å²) in [5, 5.41) is 5.03. The SMILES string of the molecule is COC(=O)c1ccc(Cn2nc(-c3ccc(C)c(C)c3)c(Br)c2-c2ccc(C)c(C)c2)cc1. The van der Waals surface area contributed by atoms with Crippen molar-refractivity contribution in [2.24, 2.45) is 0 Å². The number of methoxy groups -OCH3 is 1. The van der Waals surface area contributed by atoms with E-state index in [0.717, 1.165) is 32.6 Å². The van der Waals surface area contributed by atoms with Gasteiger partial charge in [0.05, 0.1) is 29.4 Å². The number of ether oxygens (including phenoxy) is 1. The van der Waals surface area contributed by atoms with Crippen LogP contribution in [0.4, 0.5) is 0 Å². The summed E-state index contributed by atoms with van der Waals surface area (Å²) in [6.45, 7) is 9.06. The van der Waals surface area contributed by atoms with E-state index in [9.17, 15) is 4.79 Å². The molecule has 0 bridgehead atoms. The number of halogens is 1. The molecule has 1 heterocycles. The molecule has 0 radical (unpaired) electrons. The van der Waals surface area contributed by atoms with Gasteiger partial charge in [-0.3, -0.25) is 4.68 Å². The van der Waals surface area contributed by atoms with Crippen molar-refractivity contribution in [1.29, 1.82) is 0 Å². The second-order valence-electron chi connectivity index (χ2n) is 8.46. The highest BCUT2D eigenvalue weighted by Crippen LogP contribution is 2.38. The number of rotatable bonds is 5. The molecule has 4 rings (SSSR count). The number of aryl methyl sites for hydroxylation is 4. The van der Waals surface area contributed by atoms with E-state index in [4.69, 9.17) is 9.84 Å². The molecule has 0 spiro atoms. The van der Waals surface area contributed by atoms with Crippen LogP contribution in [0.5, 0.6) is 0 Å². The summed E-state index contributed by atoms with van der Waals surface area (Å²) in [5.74, 6) is -0.337. The van der Waals surface area contributed by atoms with Gasteiger partial charge in [0.15, 0.2) is 0 Å². The van der Waals surface area contributed by atoms with Crippen molar-refractivity contribution in [3.8, 4) is 22.5 Å². The highest BCUT2D eigenvalue weighted by atomic mass is 79.9. The van der Waals surface area contributed by atoms with Crippen LogP contribution in [0.25, 0.3) is 22.5 Å². The Morgan fingerprint density at radius 3 is 2.00 bits per heavy atom. The Morgan fingerprint density at radius 2 is 1.42 bits per heavy atom. The summed E-state index contributed by atoms with van der Waals surface area (Å²) < 4.78 is 7.82. The molecule has 0 aliphatic carbocycles. The number of esters is 1. The average molecular weight is 503 g/mol. The van der Waals surface area contributed by atoms with Gasteiger partial charge in [0.2, 0.25) is 0 Å². The van der Waals surface area contributed by atoms with Gasteiger partial charge in [-0.25, -0.2) is 4.79 Å². The molecule has 33 heavy (non-hydrogen) atoms. The molecule has 5 heteroatoms. The first kappa shape index (κ1) is 23.0. The Hall–Kier alpha value is -3.18. The zero-order chi connectivity index (χ0) is 23.7. The van der Waals surface area contributed by atoms with E-state index in [1.807, 2.05) is 16.8 Å². The molecule has 168 valence electrons. The van der Waals surface area contributed by atoms with E-state index in [1.165, 1.54) is 29.4 Å². The van der Waals surface area contributed by atoms with Crippen molar-refractivity contribution in [2.75, 3.05) is 7.11 Å². The first-order chi connectivity index (χ1) is 15.8. The van der Waals surface area contributed by atoms with E-state index >= 15 is 0 Å². The Labute approximate surface area is 203 Å². The minimum absolute atomic E-state index is 0.337. The summed E-state index contributed by atoms with van der Waals surface area (Å²) in [5.41, 5.74) is 10.7. The number of benzene rings is 3. The maximum Gasteiger partial charge on any atom is 0.337 e. The third kappa shape index (κ3) is 4.64. The van der Waals surface area contributed by atoms with Crippen LogP contribution in [0.15, 0.2) is 65.1 Å². The first-order valence-electron chi connectivity index (χ1n) is 10.9. The molecule has 1 aromatic heterocycles. The Bertz CT molecular complexity index is 1340. The molecule has 0 fully saturated rings. The van der Waals surface area contributed by atoms with Crippen molar-refractivity contribution < 1.29 is 9.53 Å². The zero-order valence-corrected chi connectivity index (χ0v) is 21.2. The lowest BCUT2D eigenvalue weighted by atomic mass is 10.0. The lowest BCUT2D eigenvalue weighted by Gasteiger charge is -2.11. The van der Waals surface area contributed by atoms with Crippen molar-refractivity contribution in [1.82, 2.24) is 9.78 Å². The van der Waals surface area contributed by atoms with Gasteiger partial charge in [-0.2, -0.15) is 5.10 Å². The minimum Gasteiger partial charge on any atom is -0.465 e. The lowest BCUT2D eigenvalue weighted by Crippen LogP contribution is -2.06. The number of carbonyl (C=O) groups is 1. The minimum atomic E-state index is -0.337. The quantitative estimate of drug-likeness (QED) is 0.274. The van der Waals surface area contributed by atoms with Gasteiger partial charge in [-0.15, -0.1) is 0 Å². The predicted octanol–water partition coefficient (Wildman–Crippen LogP) is 7.05. The molecular formula is C28H27BrN2O2. The highest BCUT2D eigenvalue weighted by Gasteiger charge is 2.20. The predicted molar refractivity (Wildman–Crippen MR) is 137 cm³/mol. The Balaban J connectivity index is 1.82. The van der Waals surface area contributed by atoms with Gasteiger partial charge >= 0.3 is 5.97 Å². The van der Waals surface area contributed by atoms with Crippen LogP contribution >= 0.6 is 15.9 Å². The molecule has 0 atom stereocenters. The van der Waals surface area contributed by atoms with Gasteiger partial charge in [0.25, 0.3) is 0 Å². The molecular weight excluding hydrogens is 476 g/mol. The largest absolute Gasteiger partial charge is 0.465 e. The second kappa shape index (κ2) is 9.36. The average Bonchev–Trinajstić information content (AvgIpc) is 3.13. The molecule has 0 amide bonds. The third-order valence-electron chi connectivity index (χ3n) is 6.16. The van der Waals surface area contributed by atoms with Crippen molar-refractivity contribution in [3.63, 3.8) is 0 Å². The number of hydrogen-bond donors (Lipinski definition) is 0. The van der Waals surface area contributed by atoms with E-state index in [0.29, 0.717) is 12.1 Å². The molecule has 0 saturated carbocycles. The fourth-order valence-corrected chi connectivity index (χ4v) is 4.57. The summed E-state index contributed by atoms with van der Waals surface area (Å²) in [7, 11) is 1.39. The van der Waals surface area contributed by atoms with E-state index in [1.54, 1.807) is 12.1 Å². The van der Waals surface area contributed by atoms with Gasteiger partial charge in [0, 0.05) is 11.1 Å².